The van der Waals surface area contributed by atoms with Gasteiger partial charge in [0.2, 0.25) is 0 Å². The average Bonchev–Trinajstić information content (AvgIpc) is 3.02. The lowest BCUT2D eigenvalue weighted by molar-refractivity contribution is -0.152. The molecule has 0 heterocycles. The van der Waals surface area contributed by atoms with Crippen LogP contribution in [0.25, 0.3) is 0 Å². The standard InChI is InChI=1S/C38H66O6/c1-3-5-7-9-11-13-14-15-17-19-23-27-31-37(41)43-33-36(40)34-44-38(42)32-28-24-20-22-26-30-35(39)29-25-21-18-16-12-10-8-6-4-2/h12,16,20-22,25-26,30,35-36,39-40H,3-11,13-15,17-19,23-24,27-29,31-34H2,1-2H3/b16-12-,22-20+,25-21-,30-26-/t35?,36-/m0/s1. The number of aliphatic hydroxyl groups excluding tert-OH is 2. The number of unbranched alkanes of at least 4 members (excludes halogenated alkanes) is 15. The summed E-state index contributed by atoms with van der Waals surface area (Å²) < 4.78 is 10.2. The Kier molecular flexibility index (Phi) is 32.0. The van der Waals surface area contributed by atoms with Crippen LogP contribution in [0.1, 0.15) is 155 Å². The van der Waals surface area contributed by atoms with Crippen molar-refractivity contribution in [3.05, 3.63) is 48.6 Å². The second-order valence-electron chi connectivity index (χ2n) is 11.8. The van der Waals surface area contributed by atoms with Gasteiger partial charge in [-0.3, -0.25) is 9.59 Å². The Hall–Kier alpha value is -2.18. The van der Waals surface area contributed by atoms with E-state index in [1.165, 1.54) is 77.0 Å². The van der Waals surface area contributed by atoms with Gasteiger partial charge in [0.15, 0.2) is 0 Å². The van der Waals surface area contributed by atoms with E-state index in [-0.39, 0.29) is 31.6 Å². The summed E-state index contributed by atoms with van der Waals surface area (Å²) in [6.07, 6.45) is 37.6. The summed E-state index contributed by atoms with van der Waals surface area (Å²) in [6, 6.07) is 0. The fourth-order valence-electron chi connectivity index (χ4n) is 4.63. The highest BCUT2D eigenvalue weighted by molar-refractivity contribution is 5.69. The average molecular weight is 619 g/mol. The molecule has 0 bridgehead atoms. The Labute approximate surface area is 270 Å². The second kappa shape index (κ2) is 33.7. The topological polar surface area (TPSA) is 93.1 Å². The van der Waals surface area contributed by atoms with E-state index in [9.17, 15) is 19.8 Å². The molecule has 0 spiro atoms. The molecule has 0 aliphatic carbocycles. The normalized spacial score (nSPS) is 13.5. The maximum atomic E-state index is 11.9. The van der Waals surface area contributed by atoms with Gasteiger partial charge in [-0.1, -0.05) is 146 Å². The van der Waals surface area contributed by atoms with Gasteiger partial charge in [0, 0.05) is 12.8 Å². The van der Waals surface area contributed by atoms with Crippen molar-refractivity contribution in [2.45, 2.75) is 167 Å². The molecule has 0 amide bonds. The molecule has 0 fully saturated rings. The van der Waals surface area contributed by atoms with Gasteiger partial charge < -0.3 is 19.7 Å². The van der Waals surface area contributed by atoms with E-state index in [4.69, 9.17) is 9.47 Å². The van der Waals surface area contributed by atoms with Crippen LogP contribution in [0.3, 0.4) is 0 Å². The Morgan fingerprint density at radius 3 is 1.68 bits per heavy atom. The van der Waals surface area contributed by atoms with Crippen molar-refractivity contribution in [2.75, 3.05) is 13.2 Å². The van der Waals surface area contributed by atoms with Crippen LogP contribution in [-0.2, 0) is 19.1 Å². The Morgan fingerprint density at radius 2 is 1.07 bits per heavy atom. The molecule has 0 aromatic rings. The summed E-state index contributed by atoms with van der Waals surface area (Å²) in [5, 5.41) is 20.0. The van der Waals surface area contributed by atoms with Gasteiger partial charge in [0.25, 0.3) is 0 Å². The monoisotopic (exact) mass is 618 g/mol. The minimum absolute atomic E-state index is 0.155. The predicted octanol–water partition coefficient (Wildman–Crippen LogP) is 9.64. The Morgan fingerprint density at radius 1 is 0.568 bits per heavy atom. The zero-order valence-corrected chi connectivity index (χ0v) is 28.3. The molecule has 0 aliphatic rings. The van der Waals surface area contributed by atoms with Crippen LogP contribution in [0.2, 0.25) is 0 Å². The third kappa shape index (κ3) is 32.7. The molecule has 0 aliphatic heterocycles. The maximum absolute atomic E-state index is 11.9. The van der Waals surface area contributed by atoms with Crippen LogP contribution in [0.4, 0.5) is 0 Å². The Bertz CT molecular complexity index is 769. The quantitative estimate of drug-likeness (QED) is 0.0348. The number of aliphatic hydroxyl groups is 2. The molecule has 0 aromatic carbocycles. The SMILES string of the molecule is CCCCC/C=C\C/C=C\CC(O)/C=C\C=C\CCCC(=O)OC[C@@H](O)COC(=O)CCCCCCCCCCCCCC. The molecular formula is C38H66O6. The highest BCUT2D eigenvalue weighted by Crippen LogP contribution is 2.13. The van der Waals surface area contributed by atoms with E-state index >= 15 is 0 Å². The molecule has 2 N–H and O–H groups in total. The fraction of sp³-hybridized carbons (Fsp3) is 0.737. The number of carbonyl (C=O) groups excluding carboxylic acids is 2. The number of allylic oxidation sites excluding steroid dienone is 6. The molecule has 0 rings (SSSR count). The van der Waals surface area contributed by atoms with Crippen LogP contribution in [0.15, 0.2) is 48.6 Å². The van der Waals surface area contributed by atoms with Crippen LogP contribution >= 0.6 is 0 Å². The summed E-state index contributed by atoms with van der Waals surface area (Å²) in [5.41, 5.74) is 0. The van der Waals surface area contributed by atoms with E-state index < -0.39 is 12.2 Å². The van der Waals surface area contributed by atoms with Gasteiger partial charge in [0.05, 0.1) is 6.10 Å². The zero-order chi connectivity index (χ0) is 32.4. The van der Waals surface area contributed by atoms with E-state index in [0.29, 0.717) is 25.7 Å². The lowest BCUT2D eigenvalue weighted by atomic mass is 10.0. The number of carbonyl (C=O) groups is 2. The van der Waals surface area contributed by atoms with Crippen LogP contribution in [0.5, 0.6) is 0 Å². The van der Waals surface area contributed by atoms with Gasteiger partial charge in [-0.25, -0.2) is 0 Å². The van der Waals surface area contributed by atoms with Crippen molar-refractivity contribution in [3.63, 3.8) is 0 Å². The molecule has 0 radical (unpaired) electrons. The van der Waals surface area contributed by atoms with Gasteiger partial charge in [-0.15, -0.1) is 0 Å². The minimum Gasteiger partial charge on any atom is -0.463 e. The second-order valence-corrected chi connectivity index (χ2v) is 11.8. The number of esters is 2. The lowest BCUT2D eigenvalue weighted by Gasteiger charge is -2.12. The zero-order valence-electron chi connectivity index (χ0n) is 28.3. The molecule has 0 aromatic heterocycles. The first-order valence-electron chi connectivity index (χ1n) is 17.8. The Balaban J connectivity index is 3.66. The van der Waals surface area contributed by atoms with Gasteiger partial charge in [0.1, 0.15) is 19.3 Å². The summed E-state index contributed by atoms with van der Waals surface area (Å²) in [5.74, 6) is -0.693. The van der Waals surface area contributed by atoms with E-state index in [1.807, 2.05) is 24.3 Å². The molecule has 0 saturated heterocycles. The number of ether oxygens (including phenoxy) is 2. The fourth-order valence-corrected chi connectivity index (χ4v) is 4.63. The molecule has 254 valence electrons. The third-order valence-electron chi connectivity index (χ3n) is 7.40. The van der Waals surface area contributed by atoms with Gasteiger partial charge in [-0.2, -0.15) is 0 Å². The number of hydrogen-bond donors (Lipinski definition) is 2. The van der Waals surface area contributed by atoms with Crippen molar-refractivity contribution >= 4 is 11.9 Å². The van der Waals surface area contributed by atoms with Crippen molar-refractivity contribution in [3.8, 4) is 0 Å². The molecule has 6 nitrogen and oxygen atoms in total. The van der Waals surface area contributed by atoms with Crippen LogP contribution in [-0.4, -0.2) is 47.6 Å². The molecule has 0 saturated carbocycles. The molecule has 6 heteroatoms. The lowest BCUT2D eigenvalue weighted by Crippen LogP contribution is -2.25. The first kappa shape index (κ1) is 41.8. The summed E-state index contributed by atoms with van der Waals surface area (Å²) >= 11 is 0. The van der Waals surface area contributed by atoms with Crippen molar-refractivity contribution in [1.82, 2.24) is 0 Å². The highest BCUT2D eigenvalue weighted by Gasteiger charge is 2.12. The molecular weight excluding hydrogens is 552 g/mol. The van der Waals surface area contributed by atoms with Gasteiger partial charge >= 0.3 is 11.9 Å². The summed E-state index contributed by atoms with van der Waals surface area (Å²) in [7, 11) is 0. The van der Waals surface area contributed by atoms with E-state index in [1.54, 1.807) is 6.08 Å². The smallest absolute Gasteiger partial charge is 0.305 e. The summed E-state index contributed by atoms with van der Waals surface area (Å²) in [6.45, 7) is 4.12. The summed E-state index contributed by atoms with van der Waals surface area (Å²) in [4.78, 5) is 23.8. The van der Waals surface area contributed by atoms with Crippen molar-refractivity contribution in [1.29, 1.82) is 0 Å². The first-order valence-corrected chi connectivity index (χ1v) is 17.8. The van der Waals surface area contributed by atoms with E-state index in [0.717, 1.165) is 32.1 Å². The van der Waals surface area contributed by atoms with E-state index in [2.05, 4.69) is 32.1 Å². The highest BCUT2D eigenvalue weighted by atomic mass is 16.6. The molecule has 1 unspecified atom stereocenters. The molecule has 2 atom stereocenters. The molecule has 44 heavy (non-hydrogen) atoms. The minimum atomic E-state index is -1.01. The largest absolute Gasteiger partial charge is 0.463 e. The number of rotatable bonds is 31. The van der Waals surface area contributed by atoms with Gasteiger partial charge in [-0.05, 0) is 44.9 Å². The van der Waals surface area contributed by atoms with Crippen LogP contribution in [0, 0.1) is 0 Å². The third-order valence-corrected chi connectivity index (χ3v) is 7.40. The predicted molar refractivity (Wildman–Crippen MR) is 183 cm³/mol. The van der Waals surface area contributed by atoms with Crippen molar-refractivity contribution < 1.29 is 29.3 Å². The van der Waals surface area contributed by atoms with Crippen molar-refractivity contribution in [2.24, 2.45) is 0 Å². The van der Waals surface area contributed by atoms with Crippen LogP contribution < -0.4 is 0 Å². The number of hydrogen-bond acceptors (Lipinski definition) is 6. The maximum Gasteiger partial charge on any atom is 0.305 e. The first-order chi connectivity index (χ1) is 21.5.